The molecular formula is C16H29N3. The molecule has 1 unspecified atom stereocenters. The van der Waals surface area contributed by atoms with Gasteiger partial charge in [0.05, 0.1) is 0 Å². The van der Waals surface area contributed by atoms with Crippen molar-refractivity contribution in [3.05, 3.63) is 30.1 Å². The summed E-state index contributed by atoms with van der Waals surface area (Å²) >= 11 is 0. The van der Waals surface area contributed by atoms with Crippen LogP contribution in [0.15, 0.2) is 24.5 Å². The zero-order valence-electron chi connectivity index (χ0n) is 12.7. The van der Waals surface area contributed by atoms with Crippen LogP contribution in [0.2, 0.25) is 0 Å². The largest absolute Gasteiger partial charge is 0.313 e. The van der Waals surface area contributed by atoms with Crippen LogP contribution in [-0.2, 0) is 6.42 Å². The van der Waals surface area contributed by atoms with Gasteiger partial charge in [0.15, 0.2) is 0 Å². The maximum Gasteiger partial charge on any atom is 0.0270 e. The Bertz CT molecular complexity index is 313. The average Bonchev–Trinajstić information content (AvgIpc) is 2.44. The topological polar surface area (TPSA) is 28.2 Å². The van der Waals surface area contributed by atoms with Crippen LogP contribution in [0.4, 0.5) is 0 Å². The number of hydrogen-bond donors (Lipinski definition) is 1. The van der Waals surface area contributed by atoms with E-state index in [9.17, 15) is 0 Å². The molecule has 0 aromatic carbocycles. The number of aromatic nitrogens is 1. The van der Waals surface area contributed by atoms with Crippen molar-refractivity contribution in [2.24, 2.45) is 0 Å². The lowest BCUT2D eigenvalue weighted by Gasteiger charge is -2.24. The monoisotopic (exact) mass is 263 g/mol. The average molecular weight is 263 g/mol. The van der Waals surface area contributed by atoms with Crippen molar-refractivity contribution >= 4 is 0 Å². The normalized spacial score (nSPS) is 12.8. The van der Waals surface area contributed by atoms with E-state index in [0.29, 0.717) is 6.04 Å². The Morgan fingerprint density at radius 2 is 1.95 bits per heavy atom. The molecule has 0 saturated carbocycles. The SMILES string of the molecule is CCCNC(CCC)CN(C)CCc1ccncc1. The Kier molecular flexibility index (Phi) is 8.43. The molecule has 0 aliphatic rings. The number of rotatable bonds is 10. The maximum atomic E-state index is 4.06. The molecule has 0 fully saturated rings. The van der Waals surface area contributed by atoms with E-state index in [1.807, 2.05) is 12.4 Å². The molecule has 0 bridgehead atoms. The molecule has 0 spiro atoms. The zero-order chi connectivity index (χ0) is 13.9. The number of pyridine rings is 1. The van der Waals surface area contributed by atoms with Gasteiger partial charge in [-0.1, -0.05) is 20.3 Å². The van der Waals surface area contributed by atoms with E-state index in [4.69, 9.17) is 0 Å². The van der Waals surface area contributed by atoms with E-state index in [2.05, 4.69) is 48.2 Å². The summed E-state index contributed by atoms with van der Waals surface area (Å²) in [5.41, 5.74) is 1.37. The van der Waals surface area contributed by atoms with Crippen molar-refractivity contribution in [3.8, 4) is 0 Å². The van der Waals surface area contributed by atoms with Crippen LogP contribution < -0.4 is 5.32 Å². The molecular weight excluding hydrogens is 234 g/mol. The van der Waals surface area contributed by atoms with Gasteiger partial charge >= 0.3 is 0 Å². The minimum Gasteiger partial charge on any atom is -0.313 e. The van der Waals surface area contributed by atoms with Gasteiger partial charge in [0, 0.05) is 31.5 Å². The predicted molar refractivity (Wildman–Crippen MR) is 82.4 cm³/mol. The highest BCUT2D eigenvalue weighted by Crippen LogP contribution is 2.02. The van der Waals surface area contributed by atoms with Gasteiger partial charge in [-0.05, 0) is 50.6 Å². The molecule has 0 aliphatic heterocycles. The number of nitrogens with zero attached hydrogens (tertiary/aromatic N) is 2. The summed E-state index contributed by atoms with van der Waals surface area (Å²) < 4.78 is 0. The molecule has 19 heavy (non-hydrogen) atoms. The van der Waals surface area contributed by atoms with Crippen LogP contribution in [0, 0.1) is 0 Å². The summed E-state index contributed by atoms with van der Waals surface area (Å²) in [5, 5.41) is 3.65. The molecule has 1 N–H and O–H groups in total. The van der Waals surface area contributed by atoms with Gasteiger partial charge in [-0.15, -0.1) is 0 Å². The Hall–Kier alpha value is -0.930. The quantitative estimate of drug-likeness (QED) is 0.703. The second-order valence-electron chi connectivity index (χ2n) is 5.31. The highest BCUT2D eigenvalue weighted by molar-refractivity contribution is 5.09. The summed E-state index contributed by atoms with van der Waals surface area (Å²) in [6, 6.07) is 4.84. The summed E-state index contributed by atoms with van der Waals surface area (Å²) in [6.45, 7) is 7.86. The van der Waals surface area contributed by atoms with Gasteiger partial charge < -0.3 is 10.2 Å². The van der Waals surface area contributed by atoms with Gasteiger partial charge in [0.1, 0.15) is 0 Å². The lowest BCUT2D eigenvalue weighted by atomic mass is 10.1. The molecule has 0 amide bonds. The molecule has 3 heteroatoms. The van der Waals surface area contributed by atoms with Crippen molar-refractivity contribution < 1.29 is 0 Å². The second-order valence-corrected chi connectivity index (χ2v) is 5.31. The van der Waals surface area contributed by atoms with Crippen LogP contribution in [0.1, 0.15) is 38.7 Å². The maximum absolute atomic E-state index is 4.06. The van der Waals surface area contributed by atoms with Crippen LogP contribution in [0.5, 0.6) is 0 Å². The lowest BCUT2D eigenvalue weighted by molar-refractivity contribution is 0.282. The highest BCUT2D eigenvalue weighted by Gasteiger charge is 2.09. The van der Waals surface area contributed by atoms with Crippen molar-refractivity contribution in [1.82, 2.24) is 15.2 Å². The molecule has 1 rings (SSSR count). The minimum atomic E-state index is 0.632. The van der Waals surface area contributed by atoms with Gasteiger partial charge in [-0.25, -0.2) is 0 Å². The molecule has 108 valence electrons. The molecule has 1 atom stereocenters. The van der Waals surface area contributed by atoms with E-state index in [0.717, 1.165) is 26.1 Å². The van der Waals surface area contributed by atoms with Gasteiger partial charge in [0.2, 0.25) is 0 Å². The van der Waals surface area contributed by atoms with E-state index < -0.39 is 0 Å². The van der Waals surface area contributed by atoms with Crippen molar-refractivity contribution in [1.29, 1.82) is 0 Å². The number of nitrogens with one attached hydrogen (secondary N) is 1. The standard InChI is InChI=1S/C16H29N3/c1-4-6-16(18-10-5-2)14-19(3)13-9-15-7-11-17-12-8-15/h7-8,11-12,16,18H,4-6,9-10,13-14H2,1-3H3. The second kappa shape index (κ2) is 9.93. The molecule has 3 nitrogen and oxygen atoms in total. The van der Waals surface area contributed by atoms with Crippen molar-refractivity contribution in [3.63, 3.8) is 0 Å². The predicted octanol–water partition coefficient (Wildman–Crippen LogP) is 2.72. The summed E-state index contributed by atoms with van der Waals surface area (Å²) in [6.07, 6.45) is 8.57. The molecule has 1 heterocycles. The highest BCUT2D eigenvalue weighted by atomic mass is 15.1. The zero-order valence-corrected chi connectivity index (χ0v) is 12.7. The third-order valence-electron chi connectivity index (χ3n) is 3.38. The first kappa shape index (κ1) is 16.1. The van der Waals surface area contributed by atoms with Crippen molar-refractivity contribution in [2.75, 3.05) is 26.7 Å². The van der Waals surface area contributed by atoms with E-state index >= 15 is 0 Å². The Morgan fingerprint density at radius 3 is 2.58 bits per heavy atom. The summed E-state index contributed by atoms with van der Waals surface area (Å²) in [5.74, 6) is 0. The van der Waals surface area contributed by atoms with E-state index in [-0.39, 0.29) is 0 Å². The molecule has 0 aliphatic carbocycles. The summed E-state index contributed by atoms with van der Waals surface area (Å²) in [4.78, 5) is 6.49. The molecule has 1 aromatic rings. The molecule has 1 aromatic heterocycles. The number of likely N-dealkylation sites (N-methyl/N-ethyl adjacent to an activating group) is 1. The first-order valence-corrected chi connectivity index (χ1v) is 7.57. The van der Waals surface area contributed by atoms with Crippen molar-refractivity contribution in [2.45, 2.75) is 45.6 Å². The Balaban J connectivity index is 2.29. The Labute approximate surface area is 118 Å². The van der Waals surface area contributed by atoms with Gasteiger partial charge in [0.25, 0.3) is 0 Å². The van der Waals surface area contributed by atoms with Crippen LogP contribution in [0.3, 0.4) is 0 Å². The van der Waals surface area contributed by atoms with Gasteiger partial charge in [-0.2, -0.15) is 0 Å². The fraction of sp³-hybridized carbons (Fsp3) is 0.688. The lowest BCUT2D eigenvalue weighted by Crippen LogP contribution is -2.40. The van der Waals surface area contributed by atoms with Crippen LogP contribution in [-0.4, -0.2) is 42.6 Å². The first-order chi connectivity index (χ1) is 9.26. The smallest absolute Gasteiger partial charge is 0.0270 e. The van der Waals surface area contributed by atoms with E-state index in [1.54, 1.807) is 0 Å². The third-order valence-corrected chi connectivity index (χ3v) is 3.38. The van der Waals surface area contributed by atoms with Crippen LogP contribution >= 0.6 is 0 Å². The van der Waals surface area contributed by atoms with E-state index in [1.165, 1.54) is 24.8 Å². The molecule has 0 radical (unpaired) electrons. The third kappa shape index (κ3) is 7.28. The first-order valence-electron chi connectivity index (χ1n) is 7.57. The minimum absolute atomic E-state index is 0.632. The van der Waals surface area contributed by atoms with Crippen LogP contribution in [0.25, 0.3) is 0 Å². The molecule has 0 saturated heterocycles. The fourth-order valence-corrected chi connectivity index (χ4v) is 2.29. The summed E-state index contributed by atoms with van der Waals surface area (Å²) in [7, 11) is 2.22. The Morgan fingerprint density at radius 1 is 1.21 bits per heavy atom. The van der Waals surface area contributed by atoms with Gasteiger partial charge in [-0.3, -0.25) is 4.98 Å². The number of hydrogen-bond acceptors (Lipinski definition) is 3. The fourth-order valence-electron chi connectivity index (χ4n) is 2.29.